The number of carbonyl (C=O) groups excluding carboxylic acids is 2. The molecule has 0 aromatic carbocycles. The van der Waals surface area contributed by atoms with Gasteiger partial charge in [0.25, 0.3) is 0 Å². The first-order valence-corrected chi connectivity index (χ1v) is 8.13. The van der Waals surface area contributed by atoms with Gasteiger partial charge < -0.3 is 10.2 Å². The molecule has 0 aliphatic carbocycles. The van der Waals surface area contributed by atoms with Crippen molar-refractivity contribution < 1.29 is 9.59 Å². The molecular weight excluding hydrogens is 298 g/mol. The lowest BCUT2D eigenvalue weighted by molar-refractivity contribution is -0.129. The maximum absolute atomic E-state index is 12.2. The van der Waals surface area contributed by atoms with Crippen LogP contribution in [0.3, 0.4) is 0 Å². The first kappa shape index (κ1) is 14.7. The summed E-state index contributed by atoms with van der Waals surface area (Å²) in [6, 6.07) is 7.61. The molecule has 3 rings (SSSR count). The Morgan fingerprint density at radius 1 is 1.41 bits per heavy atom. The summed E-state index contributed by atoms with van der Waals surface area (Å²) in [5, 5.41) is 6.89. The summed E-state index contributed by atoms with van der Waals surface area (Å²) in [5.74, 6) is -0.306. The van der Waals surface area contributed by atoms with Gasteiger partial charge in [-0.25, -0.2) is 0 Å². The Kier molecular flexibility index (Phi) is 4.48. The van der Waals surface area contributed by atoms with Crippen LogP contribution in [0.4, 0.5) is 0 Å². The van der Waals surface area contributed by atoms with Crippen molar-refractivity contribution in [1.82, 2.24) is 15.2 Å². The fourth-order valence-corrected chi connectivity index (χ4v) is 3.18. The van der Waals surface area contributed by atoms with Crippen molar-refractivity contribution in [1.29, 1.82) is 0 Å². The molecule has 2 aromatic rings. The minimum absolute atomic E-state index is 0.0151. The normalized spacial score (nSPS) is 17.7. The number of amides is 2. The van der Waals surface area contributed by atoms with Gasteiger partial charge in [-0.15, -0.1) is 0 Å². The maximum atomic E-state index is 12.2. The van der Waals surface area contributed by atoms with E-state index in [2.05, 4.69) is 10.3 Å². The summed E-state index contributed by atoms with van der Waals surface area (Å²) in [5.41, 5.74) is 1.93. The molecule has 1 unspecified atom stereocenters. The van der Waals surface area contributed by atoms with E-state index in [1.807, 2.05) is 35.0 Å². The molecule has 0 bridgehead atoms. The molecule has 2 aromatic heterocycles. The summed E-state index contributed by atoms with van der Waals surface area (Å²) in [6.07, 6.45) is 1.99. The highest BCUT2D eigenvalue weighted by molar-refractivity contribution is 7.07. The molecule has 2 amide bonds. The Bertz CT molecular complexity index is 643. The van der Waals surface area contributed by atoms with Crippen LogP contribution in [0.5, 0.6) is 0 Å². The second-order valence-electron chi connectivity index (χ2n) is 5.35. The Hall–Kier alpha value is -2.21. The molecule has 6 heteroatoms. The molecule has 0 saturated carbocycles. The van der Waals surface area contributed by atoms with E-state index >= 15 is 0 Å². The van der Waals surface area contributed by atoms with E-state index in [-0.39, 0.29) is 24.2 Å². The fraction of sp³-hybridized carbons (Fsp3) is 0.312. The number of nitrogens with zero attached hydrogens (tertiary/aromatic N) is 2. The molecule has 5 nitrogen and oxygen atoms in total. The number of aromatic nitrogens is 1. The minimum atomic E-state index is -0.269. The quantitative estimate of drug-likeness (QED) is 0.915. The van der Waals surface area contributed by atoms with Gasteiger partial charge in [-0.05, 0) is 34.5 Å². The lowest BCUT2D eigenvalue weighted by Gasteiger charge is -2.16. The topological polar surface area (TPSA) is 62.3 Å². The molecule has 1 fully saturated rings. The number of hydrogen-bond donors (Lipinski definition) is 1. The molecular formula is C16H17N3O2S. The van der Waals surface area contributed by atoms with Crippen molar-refractivity contribution >= 4 is 23.2 Å². The summed E-state index contributed by atoms with van der Waals surface area (Å²) in [6.45, 7) is 1.45. The van der Waals surface area contributed by atoms with Gasteiger partial charge in [-0.1, -0.05) is 6.07 Å². The molecule has 0 radical (unpaired) electrons. The molecule has 1 saturated heterocycles. The lowest BCUT2D eigenvalue weighted by Crippen LogP contribution is -2.32. The van der Waals surface area contributed by atoms with Crippen molar-refractivity contribution in [3.8, 4) is 0 Å². The highest BCUT2D eigenvalue weighted by Crippen LogP contribution is 2.20. The van der Waals surface area contributed by atoms with Crippen molar-refractivity contribution in [2.75, 3.05) is 6.54 Å². The maximum Gasteiger partial charge on any atom is 0.225 e. The van der Waals surface area contributed by atoms with Crippen LogP contribution in [-0.4, -0.2) is 28.2 Å². The zero-order valence-corrected chi connectivity index (χ0v) is 12.9. The van der Waals surface area contributed by atoms with E-state index in [9.17, 15) is 9.59 Å². The summed E-state index contributed by atoms with van der Waals surface area (Å²) in [4.78, 5) is 30.2. The number of likely N-dealkylation sites (tertiary alicyclic amines) is 1. The lowest BCUT2D eigenvalue weighted by atomic mass is 10.1. The first-order valence-electron chi connectivity index (χ1n) is 7.19. The van der Waals surface area contributed by atoms with E-state index in [1.54, 1.807) is 22.4 Å². The van der Waals surface area contributed by atoms with Crippen molar-refractivity contribution in [2.24, 2.45) is 5.92 Å². The molecule has 0 spiro atoms. The number of carbonyl (C=O) groups is 2. The second kappa shape index (κ2) is 6.70. The van der Waals surface area contributed by atoms with Gasteiger partial charge >= 0.3 is 0 Å². The van der Waals surface area contributed by atoms with Gasteiger partial charge in [-0.3, -0.25) is 14.6 Å². The Balaban J connectivity index is 1.53. The second-order valence-corrected chi connectivity index (χ2v) is 6.13. The first-order chi connectivity index (χ1) is 10.7. The van der Waals surface area contributed by atoms with Gasteiger partial charge in [0.2, 0.25) is 11.8 Å². The number of rotatable bonds is 5. The highest BCUT2D eigenvalue weighted by atomic mass is 32.1. The fourth-order valence-electron chi connectivity index (χ4n) is 2.51. The van der Waals surface area contributed by atoms with Gasteiger partial charge in [0, 0.05) is 25.7 Å². The summed E-state index contributed by atoms with van der Waals surface area (Å²) < 4.78 is 0. The molecule has 1 aliphatic rings. The van der Waals surface area contributed by atoms with Gasteiger partial charge in [-0.2, -0.15) is 11.3 Å². The van der Waals surface area contributed by atoms with Gasteiger partial charge in [0.15, 0.2) is 0 Å². The molecule has 1 aliphatic heterocycles. The average molecular weight is 315 g/mol. The van der Waals surface area contributed by atoms with Crippen molar-refractivity contribution in [3.05, 3.63) is 52.5 Å². The zero-order chi connectivity index (χ0) is 15.4. The third kappa shape index (κ3) is 3.51. The third-order valence-electron chi connectivity index (χ3n) is 3.71. The minimum Gasteiger partial charge on any atom is -0.352 e. The van der Waals surface area contributed by atoms with Crippen LogP contribution >= 0.6 is 11.3 Å². The number of pyridine rings is 1. The SMILES string of the molecule is O=C(NCc1ccsc1)C1CC(=O)N(Cc2ccccn2)C1. The van der Waals surface area contributed by atoms with Gasteiger partial charge in [0.05, 0.1) is 18.2 Å². The Morgan fingerprint density at radius 2 is 2.32 bits per heavy atom. The Morgan fingerprint density at radius 3 is 3.05 bits per heavy atom. The van der Waals surface area contributed by atoms with Crippen LogP contribution in [0.15, 0.2) is 41.2 Å². The smallest absolute Gasteiger partial charge is 0.225 e. The monoisotopic (exact) mass is 315 g/mol. The van der Waals surface area contributed by atoms with Crippen LogP contribution in [-0.2, 0) is 22.7 Å². The zero-order valence-electron chi connectivity index (χ0n) is 12.1. The largest absolute Gasteiger partial charge is 0.352 e. The Labute approximate surface area is 133 Å². The highest BCUT2D eigenvalue weighted by Gasteiger charge is 2.34. The number of thiophene rings is 1. The van der Waals surface area contributed by atoms with Crippen molar-refractivity contribution in [2.45, 2.75) is 19.5 Å². The average Bonchev–Trinajstić information content (AvgIpc) is 3.16. The molecule has 1 atom stereocenters. The molecule has 114 valence electrons. The van der Waals surface area contributed by atoms with Gasteiger partial charge in [0.1, 0.15) is 0 Å². The molecule has 1 N–H and O–H groups in total. The van der Waals surface area contributed by atoms with E-state index < -0.39 is 0 Å². The van der Waals surface area contributed by atoms with E-state index in [0.717, 1.165) is 11.3 Å². The van der Waals surface area contributed by atoms with E-state index in [1.165, 1.54) is 0 Å². The van der Waals surface area contributed by atoms with Crippen LogP contribution < -0.4 is 5.32 Å². The van der Waals surface area contributed by atoms with Crippen LogP contribution in [0.2, 0.25) is 0 Å². The van der Waals surface area contributed by atoms with Crippen molar-refractivity contribution in [3.63, 3.8) is 0 Å². The van der Waals surface area contributed by atoms with Crippen LogP contribution in [0.25, 0.3) is 0 Å². The predicted molar refractivity (Wildman–Crippen MR) is 83.9 cm³/mol. The molecule has 3 heterocycles. The predicted octanol–water partition coefficient (Wildman–Crippen LogP) is 1.81. The third-order valence-corrected chi connectivity index (χ3v) is 4.44. The van der Waals surface area contributed by atoms with Crippen LogP contribution in [0, 0.1) is 5.92 Å². The van der Waals surface area contributed by atoms with E-state index in [4.69, 9.17) is 0 Å². The van der Waals surface area contributed by atoms with E-state index in [0.29, 0.717) is 19.6 Å². The number of nitrogens with one attached hydrogen (secondary N) is 1. The standard InChI is InChI=1S/C16H17N3O2S/c20-15-7-13(16(21)18-8-12-4-6-22-11-12)9-19(15)10-14-3-1-2-5-17-14/h1-6,11,13H,7-10H2,(H,18,21). The molecule has 22 heavy (non-hydrogen) atoms. The summed E-state index contributed by atoms with van der Waals surface area (Å²) >= 11 is 1.60. The number of hydrogen-bond acceptors (Lipinski definition) is 4. The van der Waals surface area contributed by atoms with Crippen LogP contribution in [0.1, 0.15) is 17.7 Å². The summed E-state index contributed by atoms with van der Waals surface area (Å²) in [7, 11) is 0.